The van der Waals surface area contributed by atoms with E-state index >= 15 is 0 Å². The van der Waals surface area contributed by atoms with Crippen molar-refractivity contribution in [2.45, 2.75) is 19.0 Å². The number of carbonyl (C=O) groups is 1. The largest absolute Gasteiger partial charge is 0.476 e. The maximum absolute atomic E-state index is 13.8. The van der Waals surface area contributed by atoms with Crippen molar-refractivity contribution in [1.82, 2.24) is 15.1 Å². The first-order valence-corrected chi connectivity index (χ1v) is 7.63. The molecule has 0 bridgehead atoms. The van der Waals surface area contributed by atoms with Gasteiger partial charge in [0.2, 0.25) is 0 Å². The molecular formula is C16H18F2N4O2. The van der Waals surface area contributed by atoms with Crippen LogP contribution in [0.1, 0.15) is 22.6 Å². The van der Waals surface area contributed by atoms with Gasteiger partial charge in [-0.1, -0.05) is 0 Å². The van der Waals surface area contributed by atoms with Crippen LogP contribution in [0.2, 0.25) is 0 Å². The van der Waals surface area contributed by atoms with Crippen molar-refractivity contribution in [3.8, 4) is 0 Å². The first-order valence-electron chi connectivity index (χ1n) is 7.63. The van der Waals surface area contributed by atoms with Crippen LogP contribution >= 0.6 is 0 Å². The molecule has 1 aliphatic rings. The Kier molecular flexibility index (Phi) is 4.48. The van der Waals surface area contributed by atoms with E-state index in [1.807, 2.05) is 4.90 Å². The molecule has 2 aromatic rings. The van der Waals surface area contributed by atoms with Crippen molar-refractivity contribution in [2.75, 3.05) is 18.0 Å². The monoisotopic (exact) mass is 336 g/mol. The average molecular weight is 336 g/mol. The van der Waals surface area contributed by atoms with Crippen molar-refractivity contribution in [3.63, 3.8) is 0 Å². The van der Waals surface area contributed by atoms with E-state index in [-0.39, 0.29) is 11.7 Å². The van der Waals surface area contributed by atoms with E-state index in [1.54, 1.807) is 7.05 Å². The predicted molar refractivity (Wildman–Crippen MR) is 84.0 cm³/mol. The van der Waals surface area contributed by atoms with Gasteiger partial charge in [0, 0.05) is 38.8 Å². The van der Waals surface area contributed by atoms with Gasteiger partial charge in [0.15, 0.2) is 5.69 Å². The Morgan fingerprint density at radius 3 is 2.88 bits per heavy atom. The number of nitrogens with one attached hydrogen (secondary N) is 1. The second kappa shape index (κ2) is 6.56. The van der Waals surface area contributed by atoms with Crippen LogP contribution in [-0.2, 0) is 13.6 Å². The van der Waals surface area contributed by atoms with Gasteiger partial charge in [0.25, 0.3) is 0 Å². The lowest BCUT2D eigenvalue weighted by Gasteiger charge is -2.19. The molecule has 8 heteroatoms. The molecule has 128 valence electrons. The number of carboxylic acid groups (broad SMARTS) is 1. The highest BCUT2D eigenvalue weighted by Crippen LogP contribution is 2.24. The molecular weight excluding hydrogens is 318 g/mol. The summed E-state index contributed by atoms with van der Waals surface area (Å²) in [5, 5.41) is 16.2. The quantitative estimate of drug-likeness (QED) is 0.871. The number of hydrogen-bond donors (Lipinski definition) is 2. The Morgan fingerprint density at radius 2 is 2.21 bits per heavy atom. The van der Waals surface area contributed by atoms with Gasteiger partial charge in [0.1, 0.15) is 11.6 Å². The van der Waals surface area contributed by atoms with Crippen LogP contribution in [0.5, 0.6) is 0 Å². The fourth-order valence-electron chi connectivity index (χ4n) is 2.91. The highest BCUT2D eigenvalue weighted by Gasteiger charge is 2.24. The first-order chi connectivity index (χ1) is 11.4. The van der Waals surface area contributed by atoms with E-state index < -0.39 is 17.6 Å². The number of rotatable bonds is 5. The van der Waals surface area contributed by atoms with Gasteiger partial charge >= 0.3 is 5.97 Å². The maximum atomic E-state index is 13.8. The standard InChI is InChI=1S/C16H18F2N4O2/c1-21-12(7-14(20-21)16(23)24)8-19-11-4-5-22(9-11)15-3-2-10(17)6-13(15)18/h2-3,6-7,11,19H,4-5,8-9H2,1H3,(H,23,24). The molecule has 1 saturated heterocycles. The second-order valence-electron chi connectivity index (χ2n) is 5.86. The molecule has 0 radical (unpaired) electrons. The summed E-state index contributed by atoms with van der Waals surface area (Å²) >= 11 is 0. The summed E-state index contributed by atoms with van der Waals surface area (Å²) in [5.41, 5.74) is 1.17. The molecule has 0 spiro atoms. The predicted octanol–water partition coefficient (Wildman–Crippen LogP) is 1.77. The zero-order valence-corrected chi connectivity index (χ0v) is 13.2. The van der Waals surface area contributed by atoms with Gasteiger partial charge in [-0.05, 0) is 24.6 Å². The van der Waals surface area contributed by atoms with Gasteiger partial charge < -0.3 is 15.3 Å². The normalized spacial score (nSPS) is 17.5. The topological polar surface area (TPSA) is 70.4 Å². The average Bonchev–Trinajstić information content (AvgIpc) is 3.12. The van der Waals surface area contributed by atoms with Gasteiger partial charge in [-0.25, -0.2) is 13.6 Å². The Morgan fingerprint density at radius 1 is 1.42 bits per heavy atom. The summed E-state index contributed by atoms with van der Waals surface area (Å²) in [6.07, 6.45) is 0.820. The van der Waals surface area contributed by atoms with E-state index in [2.05, 4.69) is 10.4 Å². The Labute approximate surface area is 137 Å². The summed E-state index contributed by atoms with van der Waals surface area (Å²) in [6, 6.07) is 5.26. The Bertz CT molecular complexity index is 763. The minimum absolute atomic E-state index is 0.00994. The molecule has 2 heterocycles. The first kappa shape index (κ1) is 16.4. The fraction of sp³-hybridized carbons (Fsp3) is 0.375. The maximum Gasteiger partial charge on any atom is 0.356 e. The third kappa shape index (κ3) is 3.38. The van der Waals surface area contributed by atoms with E-state index in [1.165, 1.54) is 22.9 Å². The summed E-state index contributed by atoms with van der Waals surface area (Å²) in [6.45, 7) is 1.75. The molecule has 0 amide bonds. The smallest absolute Gasteiger partial charge is 0.356 e. The molecule has 2 N–H and O–H groups in total. The minimum atomic E-state index is -1.06. The number of hydrogen-bond acceptors (Lipinski definition) is 4. The molecule has 1 unspecified atom stereocenters. The fourth-order valence-corrected chi connectivity index (χ4v) is 2.91. The molecule has 1 aliphatic heterocycles. The number of anilines is 1. The lowest BCUT2D eigenvalue weighted by molar-refractivity contribution is 0.0689. The highest BCUT2D eigenvalue weighted by atomic mass is 19.1. The molecule has 3 rings (SSSR count). The van der Waals surface area contributed by atoms with Crippen molar-refractivity contribution in [3.05, 3.63) is 47.3 Å². The van der Waals surface area contributed by atoms with E-state index in [0.29, 0.717) is 25.3 Å². The Hall–Kier alpha value is -2.48. The molecule has 0 saturated carbocycles. The van der Waals surface area contributed by atoms with Crippen LogP contribution in [0.25, 0.3) is 0 Å². The van der Waals surface area contributed by atoms with Crippen molar-refractivity contribution < 1.29 is 18.7 Å². The van der Waals surface area contributed by atoms with Crippen LogP contribution < -0.4 is 10.2 Å². The van der Waals surface area contributed by atoms with Gasteiger partial charge in [0.05, 0.1) is 11.4 Å². The van der Waals surface area contributed by atoms with Crippen molar-refractivity contribution >= 4 is 11.7 Å². The van der Waals surface area contributed by atoms with Crippen LogP contribution in [0.15, 0.2) is 24.3 Å². The van der Waals surface area contributed by atoms with Crippen LogP contribution in [0.4, 0.5) is 14.5 Å². The molecule has 24 heavy (non-hydrogen) atoms. The summed E-state index contributed by atoms with van der Waals surface area (Å²) < 4.78 is 28.4. The number of aromatic nitrogens is 2. The zero-order chi connectivity index (χ0) is 17.3. The molecule has 0 aliphatic carbocycles. The number of nitrogens with zero attached hydrogens (tertiary/aromatic N) is 3. The third-order valence-electron chi connectivity index (χ3n) is 4.21. The van der Waals surface area contributed by atoms with Crippen molar-refractivity contribution in [1.29, 1.82) is 0 Å². The highest BCUT2D eigenvalue weighted by molar-refractivity contribution is 5.85. The number of carboxylic acids is 1. The third-order valence-corrected chi connectivity index (χ3v) is 4.21. The molecule has 1 aromatic heterocycles. The molecule has 1 fully saturated rings. The summed E-state index contributed by atoms with van der Waals surface area (Å²) in [7, 11) is 1.69. The number of aromatic carboxylic acids is 1. The van der Waals surface area contributed by atoms with Gasteiger partial charge in [-0.2, -0.15) is 5.10 Å². The number of benzene rings is 1. The van der Waals surface area contributed by atoms with Crippen LogP contribution in [-0.4, -0.2) is 40.0 Å². The van der Waals surface area contributed by atoms with E-state index in [0.717, 1.165) is 18.2 Å². The molecule has 6 nitrogen and oxygen atoms in total. The minimum Gasteiger partial charge on any atom is -0.476 e. The molecule has 1 aromatic carbocycles. The number of aryl methyl sites for hydroxylation is 1. The second-order valence-corrected chi connectivity index (χ2v) is 5.86. The number of halogens is 2. The van der Waals surface area contributed by atoms with Gasteiger partial charge in [-0.3, -0.25) is 4.68 Å². The van der Waals surface area contributed by atoms with E-state index in [9.17, 15) is 13.6 Å². The SMILES string of the molecule is Cn1nc(C(=O)O)cc1CNC1CCN(c2ccc(F)cc2F)C1. The Balaban J connectivity index is 1.59. The van der Waals surface area contributed by atoms with Crippen LogP contribution in [0, 0.1) is 11.6 Å². The zero-order valence-electron chi connectivity index (χ0n) is 13.2. The van der Waals surface area contributed by atoms with E-state index in [4.69, 9.17) is 5.11 Å². The summed E-state index contributed by atoms with van der Waals surface area (Å²) in [5.74, 6) is -2.21. The van der Waals surface area contributed by atoms with Crippen molar-refractivity contribution in [2.24, 2.45) is 7.05 Å². The molecule has 1 atom stereocenters. The lowest BCUT2D eigenvalue weighted by atomic mass is 10.2. The van der Waals surface area contributed by atoms with Crippen LogP contribution in [0.3, 0.4) is 0 Å². The summed E-state index contributed by atoms with van der Waals surface area (Å²) in [4.78, 5) is 12.8. The van der Waals surface area contributed by atoms with Gasteiger partial charge in [-0.15, -0.1) is 0 Å². The lowest BCUT2D eigenvalue weighted by Crippen LogP contribution is -2.32.